The molecule has 2 heterocycles. The van der Waals surface area contributed by atoms with Gasteiger partial charge in [-0.25, -0.2) is 4.99 Å². The number of carbonyl (C=O) groups excluding carboxylic acids is 1. The topological polar surface area (TPSA) is 170 Å². The monoisotopic (exact) mass is 321 g/mol. The quantitative estimate of drug-likeness (QED) is 0.322. The Morgan fingerprint density at radius 2 is 2.29 bits per heavy atom. The first-order valence-electron chi connectivity index (χ1n) is 6.00. The second-order valence-electron chi connectivity index (χ2n) is 4.59. The van der Waals surface area contributed by atoms with E-state index in [4.69, 9.17) is 20.3 Å². The van der Waals surface area contributed by atoms with Crippen LogP contribution in [0.4, 0.5) is 0 Å². The van der Waals surface area contributed by atoms with Crippen LogP contribution in [0.15, 0.2) is 9.98 Å². The lowest BCUT2D eigenvalue weighted by Crippen LogP contribution is -2.54. The van der Waals surface area contributed by atoms with E-state index in [1.54, 1.807) is 0 Å². The molecule has 3 atom stereocenters. The molecule has 2 aliphatic heterocycles. The summed E-state index contributed by atoms with van der Waals surface area (Å²) < 4.78 is 15.7. The van der Waals surface area contributed by atoms with Crippen molar-refractivity contribution in [2.24, 2.45) is 15.7 Å². The summed E-state index contributed by atoms with van der Waals surface area (Å²) in [5, 5.41) is 11.5. The molecular formula is C9H16N5O6P. The van der Waals surface area contributed by atoms with Crippen molar-refractivity contribution in [1.82, 2.24) is 10.2 Å². The molecule has 1 amide bonds. The van der Waals surface area contributed by atoms with Crippen LogP contribution in [0.3, 0.4) is 0 Å². The molecule has 118 valence electrons. The molecule has 0 aromatic carbocycles. The van der Waals surface area contributed by atoms with Crippen LogP contribution in [0, 0.1) is 0 Å². The van der Waals surface area contributed by atoms with Gasteiger partial charge >= 0.3 is 7.60 Å². The number of rotatable bonds is 6. The van der Waals surface area contributed by atoms with Crippen LogP contribution in [-0.4, -0.2) is 75.8 Å². The first-order valence-corrected chi connectivity index (χ1v) is 7.80. The maximum absolute atomic E-state index is 11.6. The molecule has 11 nitrogen and oxygen atoms in total. The van der Waals surface area contributed by atoms with Gasteiger partial charge in [-0.3, -0.25) is 19.7 Å². The average molecular weight is 321 g/mol. The number of hydrogen-bond donors (Lipinski definition) is 5. The first-order chi connectivity index (χ1) is 9.80. The minimum atomic E-state index is -4.32. The van der Waals surface area contributed by atoms with E-state index < -0.39 is 38.9 Å². The van der Waals surface area contributed by atoms with Crippen LogP contribution in [0.5, 0.6) is 0 Å². The van der Waals surface area contributed by atoms with Gasteiger partial charge in [0.05, 0.1) is 19.0 Å². The number of ether oxygens (including phenoxy) is 1. The summed E-state index contributed by atoms with van der Waals surface area (Å²) >= 11 is 0. The number of carbonyl (C=O) groups is 1. The first kappa shape index (κ1) is 15.9. The molecule has 21 heavy (non-hydrogen) atoms. The lowest BCUT2D eigenvalue weighted by Gasteiger charge is -2.30. The maximum Gasteiger partial charge on any atom is 0.350 e. The van der Waals surface area contributed by atoms with Gasteiger partial charge in [-0.1, -0.05) is 0 Å². The Hall–Kier alpha value is -1.52. The van der Waals surface area contributed by atoms with Gasteiger partial charge in [0.1, 0.15) is 6.35 Å². The molecule has 2 aliphatic rings. The highest BCUT2D eigenvalue weighted by Crippen LogP contribution is 2.34. The highest BCUT2D eigenvalue weighted by Gasteiger charge is 2.40. The van der Waals surface area contributed by atoms with E-state index in [-0.39, 0.29) is 18.4 Å². The number of nitrogens with one attached hydrogen (secondary N) is 1. The third-order valence-electron chi connectivity index (χ3n) is 2.89. The zero-order valence-electron chi connectivity index (χ0n) is 10.9. The molecule has 0 spiro atoms. The molecule has 0 saturated carbocycles. The van der Waals surface area contributed by atoms with Crippen molar-refractivity contribution in [2.45, 2.75) is 18.3 Å². The average Bonchev–Trinajstić information content (AvgIpc) is 2.76. The number of fused-ring (bicyclic) bond motifs is 1. The number of amides is 1. The molecule has 0 aliphatic carbocycles. The fraction of sp³-hybridized carbons (Fsp3) is 0.667. The smallest absolute Gasteiger partial charge is 0.350 e. The number of aliphatic hydroxyl groups excluding tert-OH is 1. The summed E-state index contributed by atoms with van der Waals surface area (Å²) in [6.07, 6.45) is -0.931. The summed E-state index contributed by atoms with van der Waals surface area (Å²) in [5.74, 6) is -0.420. The van der Waals surface area contributed by atoms with Crippen LogP contribution in [-0.2, 0) is 14.1 Å². The zero-order chi connectivity index (χ0) is 15.6. The van der Waals surface area contributed by atoms with E-state index in [1.807, 2.05) is 0 Å². The summed E-state index contributed by atoms with van der Waals surface area (Å²) in [7, 11) is -4.32. The normalized spacial score (nSPS) is 26.3. The Bertz CT molecular complexity index is 519. The van der Waals surface area contributed by atoms with E-state index >= 15 is 0 Å². The molecular weight excluding hydrogens is 305 g/mol. The van der Waals surface area contributed by atoms with Gasteiger partial charge in [-0.15, -0.1) is 0 Å². The van der Waals surface area contributed by atoms with Gasteiger partial charge in [0.15, 0.2) is 18.2 Å². The molecule has 2 rings (SSSR count). The lowest BCUT2D eigenvalue weighted by molar-refractivity contribution is -0.122. The Kier molecular flexibility index (Phi) is 4.59. The van der Waals surface area contributed by atoms with Crippen molar-refractivity contribution in [1.29, 1.82) is 0 Å². The van der Waals surface area contributed by atoms with Crippen LogP contribution >= 0.6 is 7.60 Å². The molecule has 0 aromatic heterocycles. The predicted molar refractivity (Wildman–Crippen MR) is 71.4 cm³/mol. The van der Waals surface area contributed by atoms with Gasteiger partial charge in [0.25, 0.3) is 5.91 Å². The molecule has 0 radical (unpaired) electrons. The molecule has 6 N–H and O–H groups in total. The Labute approximate surface area is 119 Å². The van der Waals surface area contributed by atoms with Gasteiger partial charge in [-0.05, 0) is 0 Å². The van der Waals surface area contributed by atoms with E-state index in [0.29, 0.717) is 0 Å². The number of guanidine groups is 1. The molecule has 0 saturated heterocycles. The number of aliphatic imine (C=N–C) groups is 2. The highest BCUT2D eigenvalue weighted by atomic mass is 31.2. The summed E-state index contributed by atoms with van der Waals surface area (Å²) in [6, 6.07) is -0.738. The molecule has 0 aromatic rings. The number of nitrogens with two attached hydrogens (primary N) is 1. The van der Waals surface area contributed by atoms with Gasteiger partial charge in [0, 0.05) is 6.54 Å². The van der Waals surface area contributed by atoms with Crippen LogP contribution in [0.1, 0.15) is 0 Å². The maximum atomic E-state index is 11.6. The highest BCUT2D eigenvalue weighted by molar-refractivity contribution is 7.51. The fourth-order valence-corrected chi connectivity index (χ4v) is 2.37. The predicted octanol–water partition coefficient (Wildman–Crippen LogP) is -3.02. The van der Waals surface area contributed by atoms with Crippen LogP contribution in [0.25, 0.3) is 0 Å². The minimum Gasteiger partial charge on any atom is -0.394 e. The second-order valence-corrected chi connectivity index (χ2v) is 6.18. The number of hydrogen-bond acceptors (Lipinski definition) is 8. The van der Waals surface area contributed by atoms with E-state index in [9.17, 15) is 14.5 Å². The van der Waals surface area contributed by atoms with Crippen molar-refractivity contribution in [2.75, 3.05) is 19.5 Å². The van der Waals surface area contributed by atoms with E-state index in [2.05, 4.69) is 15.3 Å². The Morgan fingerprint density at radius 1 is 1.57 bits per heavy atom. The largest absolute Gasteiger partial charge is 0.394 e. The third-order valence-corrected chi connectivity index (χ3v) is 3.37. The Morgan fingerprint density at radius 3 is 2.90 bits per heavy atom. The fourth-order valence-electron chi connectivity index (χ4n) is 1.96. The third kappa shape index (κ3) is 3.99. The van der Waals surface area contributed by atoms with Gasteiger partial charge < -0.3 is 30.3 Å². The number of aliphatic hydroxyl groups is 1. The van der Waals surface area contributed by atoms with Gasteiger partial charge in [-0.2, -0.15) is 0 Å². The SMILES string of the molecule is NC1=NC2C(N=CN2C[C@@H](CO)OCP(=O)(O)O)C(=O)N1. The van der Waals surface area contributed by atoms with Gasteiger partial charge in [0.2, 0.25) is 0 Å². The summed E-state index contributed by atoms with van der Waals surface area (Å²) in [4.78, 5) is 38.7. The van der Waals surface area contributed by atoms with E-state index in [1.165, 1.54) is 11.2 Å². The molecule has 2 unspecified atom stereocenters. The summed E-state index contributed by atoms with van der Waals surface area (Å²) in [5.41, 5.74) is 5.47. The van der Waals surface area contributed by atoms with Crippen molar-refractivity contribution in [3.05, 3.63) is 0 Å². The molecule has 12 heteroatoms. The zero-order valence-corrected chi connectivity index (χ0v) is 11.8. The minimum absolute atomic E-state index is 0.0339. The Balaban J connectivity index is 1.99. The summed E-state index contributed by atoms with van der Waals surface area (Å²) in [6.45, 7) is -0.391. The van der Waals surface area contributed by atoms with Crippen LogP contribution in [0.2, 0.25) is 0 Å². The van der Waals surface area contributed by atoms with Crippen molar-refractivity contribution in [3.63, 3.8) is 0 Å². The lowest BCUT2D eigenvalue weighted by atomic mass is 10.2. The second kappa shape index (κ2) is 6.08. The van der Waals surface area contributed by atoms with Crippen molar-refractivity contribution in [3.8, 4) is 0 Å². The molecule has 0 fully saturated rings. The van der Waals surface area contributed by atoms with E-state index in [0.717, 1.165) is 0 Å². The van der Waals surface area contributed by atoms with Crippen LogP contribution < -0.4 is 11.1 Å². The van der Waals surface area contributed by atoms with Crippen molar-refractivity contribution >= 4 is 25.8 Å². The molecule has 0 bridgehead atoms. The van der Waals surface area contributed by atoms with Crippen molar-refractivity contribution < 1.29 is 29.0 Å². The number of nitrogens with zero attached hydrogens (tertiary/aromatic N) is 3. The standard InChI is InChI=1S/C9H16N5O6P/c10-9-12-7-6(8(16)13-9)11-3-14(7)1-5(2-15)20-4-21(17,18)19/h3,5-7,15H,1-2,4H2,(H2,17,18,19)(H3,10,12,13,16)/t5-,6?,7?/m0/s1.